The van der Waals surface area contributed by atoms with Crippen molar-refractivity contribution < 1.29 is 14.3 Å². The first-order valence-corrected chi connectivity index (χ1v) is 9.64. The number of aryl methyl sites for hydroxylation is 1. The molecule has 1 aromatic heterocycles. The van der Waals surface area contributed by atoms with Crippen LogP contribution in [-0.4, -0.2) is 25.1 Å². The molecule has 0 aliphatic carbocycles. The van der Waals surface area contributed by atoms with Crippen molar-refractivity contribution in [2.24, 2.45) is 0 Å². The van der Waals surface area contributed by atoms with Gasteiger partial charge in [0.15, 0.2) is 5.13 Å². The molecule has 0 saturated carbocycles. The highest BCUT2D eigenvalue weighted by atomic mass is 35.5. The summed E-state index contributed by atoms with van der Waals surface area (Å²) in [5.41, 5.74) is 2.56. The number of hydrogen-bond donors (Lipinski definition) is 1. The van der Waals surface area contributed by atoms with E-state index in [2.05, 4.69) is 10.3 Å². The van der Waals surface area contributed by atoms with Crippen LogP contribution < -0.4 is 14.8 Å². The summed E-state index contributed by atoms with van der Waals surface area (Å²) in [7, 11) is 3.16. The van der Waals surface area contributed by atoms with Crippen LogP contribution in [0.1, 0.15) is 10.4 Å². The lowest BCUT2D eigenvalue weighted by atomic mass is 10.1. The average Bonchev–Trinajstić information content (AvgIpc) is 3.06. The molecule has 1 N–H and O–H groups in total. The minimum Gasteiger partial charge on any atom is -0.497 e. The summed E-state index contributed by atoms with van der Waals surface area (Å²) < 4.78 is 10.5. The van der Waals surface area contributed by atoms with Crippen molar-refractivity contribution in [3.63, 3.8) is 0 Å². The fraction of sp³-hybridized carbons (Fsp3) is 0.143. The minimum absolute atomic E-state index is 0.269. The monoisotopic (exact) mass is 414 g/mol. The van der Waals surface area contributed by atoms with Crippen molar-refractivity contribution in [3.8, 4) is 22.8 Å². The topological polar surface area (TPSA) is 60.5 Å². The second kappa shape index (κ2) is 8.91. The van der Waals surface area contributed by atoms with Gasteiger partial charge in [-0.1, -0.05) is 23.7 Å². The van der Waals surface area contributed by atoms with Gasteiger partial charge < -0.3 is 9.47 Å². The Hall–Kier alpha value is -2.83. The second-order valence-corrected chi connectivity index (χ2v) is 7.50. The van der Waals surface area contributed by atoms with Gasteiger partial charge in [-0.2, -0.15) is 0 Å². The lowest BCUT2D eigenvalue weighted by Gasteiger charge is -2.07. The van der Waals surface area contributed by atoms with E-state index >= 15 is 0 Å². The molecule has 2 aromatic carbocycles. The Morgan fingerprint density at radius 2 is 1.89 bits per heavy atom. The van der Waals surface area contributed by atoms with Gasteiger partial charge in [0, 0.05) is 33.2 Å². The van der Waals surface area contributed by atoms with Crippen molar-refractivity contribution >= 4 is 40.1 Å². The van der Waals surface area contributed by atoms with E-state index in [9.17, 15) is 4.79 Å². The first-order valence-electron chi connectivity index (χ1n) is 8.44. The molecule has 144 valence electrons. The van der Waals surface area contributed by atoms with Gasteiger partial charge in [0.05, 0.1) is 19.9 Å². The Balaban J connectivity index is 1.73. The molecular formula is C21H19ClN2O3S. The number of rotatable bonds is 6. The maximum Gasteiger partial charge on any atom is 0.250 e. The number of benzene rings is 2. The predicted molar refractivity (Wildman–Crippen MR) is 115 cm³/mol. The molecule has 0 atom stereocenters. The quantitative estimate of drug-likeness (QED) is 0.545. The van der Waals surface area contributed by atoms with E-state index in [-0.39, 0.29) is 5.91 Å². The Bertz CT molecular complexity index is 1010. The van der Waals surface area contributed by atoms with Crippen LogP contribution in [0.25, 0.3) is 17.3 Å². The lowest BCUT2D eigenvalue weighted by molar-refractivity contribution is -0.111. The first-order chi connectivity index (χ1) is 13.5. The molecule has 0 saturated heterocycles. The number of thiazole rings is 1. The van der Waals surface area contributed by atoms with E-state index in [1.54, 1.807) is 26.4 Å². The van der Waals surface area contributed by atoms with Gasteiger partial charge in [-0.05, 0) is 37.3 Å². The number of nitrogens with one attached hydrogen (secondary N) is 1. The normalized spacial score (nSPS) is 10.9. The summed E-state index contributed by atoms with van der Waals surface area (Å²) in [6.07, 6.45) is 3.14. The first kappa shape index (κ1) is 19.9. The van der Waals surface area contributed by atoms with E-state index in [1.807, 2.05) is 43.3 Å². The van der Waals surface area contributed by atoms with Crippen molar-refractivity contribution in [3.05, 3.63) is 64.0 Å². The third-order valence-corrected chi connectivity index (χ3v) is 5.14. The van der Waals surface area contributed by atoms with E-state index in [1.165, 1.54) is 17.4 Å². The molecule has 0 spiro atoms. The Morgan fingerprint density at radius 1 is 1.14 bits per heavy atom. The molecule has 3 aromatic rings. The summed E-state index contributed by atoms with van der Waals surface area (Å²) in [5, 5.41) is 4.02. The summed E-state index contributed by atoms with van der Waals surface area (Å²) in [6, 6.07) is 12.9. The number of hydrogen-bond acceptors (Lipinski definition) is 5. The molecule has 0 radical (unpaired) electrons. The fourth-order valence-electron chi connectivity index (χ4n) is 2.59. The smallest absolute Gasteiger partial charge is 0.250 e. The molecule has 5 nitrogen and oxygen atoms in total. The average molecular weight is 415 g/mol. The molecule has 1 heterocycles. The SMILES string of the molecule is COc1ccc(/C=C/C(=O)Nc2nc(-c3ccc(Cl)cc3)c(C)s2)c(OC)c1. The standard InChI is InChI=1S/C21H19ClN2O3S/c1-13-20(15-4-8-16(22)9-5-15)24-21(28-13)23-19(25)11-7-14-6-10-17(26-2)12-18(14)27-3/h4-12H,1-3H3,(H,23,24,25)/b11-7+. The zero-order chi connectivity index (χ0) is 20.1. The van der Waals surface area contributed by atoms with Crippen LogP contribution in [0, 0.1) is 6.92 Å². The van der Waals surface area contributed by atoms with Crippen molar-refractivity contribution in [1.82, 2.24) is 4.98 Å². The van der Waals surface area contributed by atoms with Gasteiger partial charge in [0.1, 0.15) is 11.5 Å². The largest absolute Gasteiger partial charge is 0.497 e. The van der Waals surface area contributed by atoms with Crippen LogP contribution in [0.15, 0.2) is 48.5 Å². The van der Waals surface area contributed by atoms with Crippen molar-refractivity contribution in [2.75, 3.05) is 19.5 Å². The lowest BCUT2D eigenvalue weighted by Crippen LogP contribution is -2.07. The van der Waals surface area contributed by atoms with Crippen LogP contribution in [0.3, 0.4) is 0 Å². The number of ether oxygens (including phenoxy) is 2. The zero-order valence-corrected chi connectivity index (χ0v) is 17.2. The zero-order valence-electron chi connectivity index (χ0n) is 15.7. The third-order valence-electron chi connectivity index (χ3n) is 4.00. The predicted octanol–water partition coefficient (Wildman–Crippen LogP) is 5.44. The number of halogens is 1. The fourth-order valence-corrected chi connectivity index (χ4v) is 3.56. The Kier molecular flexibility index (Phi) is 6.34. The number of carbonyl (C=O) groups is 1. The van der Waals surface area contributed by atoms with E-state index < -0.39 is 0 Å². The molecule has 7 heteroatoms. The van der Waals surface area contributed by atoms with Crippen LogP contribution in [0.5, 0.6) is 11.5 Å². The summed E-state index contributed by atoms with van der Waals surface area (Å²) >= 11 is 7.36. The summed E-state index contributed by atoms with van der Waals surface area (Å²) in [6.45, 7) is 1.97. The maximum absolute atomic E-state index is 12.3. The van der Waals surface area contributed by atoms with Crippen LogP contribution in [0.2, 0.25) is 5.02 Å². The van der Waals surface area contributed by atoms with Gasteiger partial charge in [-0.3, -0.25) is 10.1 Å². The molecule has 28 heavy (non-hydrogen) atoms. The Morgan fingerprint density at radius 3 is 2.57 bits per heavy atom. The van der Waals surface area contributed by atoms with Crippen LogP contribution in [-0.2, 0) is 4.79 Å². The number of amides is 1. The molecule has 0 fully saturated rings. The number of carbonyl (C=O) groups excluding carboxylic acids is 1. The molecule has 1 amide bonds. The molecule has 0 aliphatic heterocycles. The number of nitrogens with zero attached hydrogens (tertiary/aromatic N) is 1. The van der Waals surface area contributed by atoms with Crippen LogP contribution in [0.4, 0.5) is 5.13 Å². The van der Waals surface area contributed by atoms with Crippen molar-refractivity contribution in [2.45, 2.75) is 6.92 Å². The van der Waals surface area contributed by atoms with E-state index in [0.29, 0.717) is 21.7 Å². The van der Waals surface area contributed by atoms with Gasteiger partial charge in [-0.25, -0.2) is 4.98 Å². The molecule has 0 unspecified atom stereocenters. The summed E-state index contributed by atoms with van der Waals surface area (Å²) in [5.74, 6) is 1.04. The van der Waals surface area contributed by atoms with Crippen LogP contribution >= 0.6 is 22.9 Å². The van der Waals surface area contributed by atoms with Gasteiger partial charge in [0.2, 0.25) is 5.91 Å². The van der Waals surface area contributed by atoms with Crippen molar-refractivity contribution in [1.29, 1.82) is 0 Å². The molecule has 0 bridgehead atoms. The highest BCUT2D eigenvalue weighted by Crippen LogP contribution is 2.31. The molecule has 0 aliphatic rings. The number of anilines is 1. The Labute approximate surface area is 172 Å². The summed E-state index contributed by atoms with van der Waals surface area (Å²) in [4.78, 5) is 17.8. The van der Waals surface area contributed by atoms with Gasteiger partial charge in [-0.15, -0.1) is 11.3 Å². The molecule has 3 rings (SSSR count). The van der Waals surface area contributed by atoms with E-state index in [0.717, 1.165) is 21.7 Å². The number of aromatic nitrogens is 1. The highest BCUT2D eigenvalue weighted by Gasteiger charge is 2.11. The highest BCUT2D eigenvalue weighted by molar-refractivity contribution is 7.16. The maximum atomic E-state index is 12.3. The minimum atomic E-state index is -0.269. The number of methoxy groups -OCH3 is 2. The second-order valence-electron chi connectivity index (χ2n) is 5.86. The van der Waals surface area contributed by atoms with E-state index in [4.69, 9.17) is 21.1 Å². The third kappa shape index (κ3) is 4.71. The molecular weight excluding hydrogens is 396 g/mol. The van der Waals surface area contributed by atoms with Gasteiger partial charge in [0.25, 0.3) is 0 Å². The van der Waals surface area contributed by atoms with Gasteiger partial charge >= 0.3 is 0 Å².